The summed E-state index contributed by atoms with van der Waals surface area (Å²) in [6.45, 7) is 7.26. The second-order valence-corrected chi connectivity index (χ2v) is 12.5. The van der Waals surface area contributed by atoms with Crippen LogP contribution < -0.4 is 16.1 Å². The molecule has 3 aliphatic rings. The Morgan fingerprint density at radius 2 is 2.05 bits per heavy atom. The summed E-state index contributed by atoms with van der Waals surface area (Å²) in [5.74, 6) is -1.28. The van der Waals surface area contributed by atoms with Crippen molar-refractivity contribution in [3.05, 3.63) is 46.6 Å². The van der Waals surface area contributed by atoms with E-state index < -0.39 is 58.3 Å². The van der Waals surface area contributed by atoms with E-state index in [0.717, 1.165) is 0 Å². The Hall–Kier alpha value is -2.79. The Bertz CT molecular complexity index is 1320. The highest BCUT2D eigenvalue weighted by molar-refractivity contribution is 5.75. The lowest BCUT2D eigenvalue weighted by Crippen LogP contribution is -2.71. The van der Waals surface area contributed by atoms with Gasteiger partial charge in [0, 0.05) is 35.4 Å². The van der Waals surface area contributed by atoms with E-state index in [1.54, 1.807) is 37.5 Å². The molecule has 2 aromatic heterocycles. The van der Waals surface area contributed by atoms with Crippen LogP contribution in [0.15, 0.2) is 39.8 Å². The molecule has 10 nitrogen and oxygen atoms in total. The van der Waals surface area contributed by atoms with Crippen LogP contribution in [0.25, 0.3) is 11.3 Å². The number of pyridine rings is 1. The van der Waals surface area contributed by atoms with Crippen LogP contribution in [0.5, 0.6) is 5.75 Å². The Kier molecular flexibility index (Phi) is 7.35. The maximum atomic E-state index is 13.4. The number of aliphatic hydroxyl groups excluding tert-OH is 3. The largest absolute Gasteiger partial charge is 0.482 e. The molecular weight excluding hydrogens is 516 g/mol. The van der Waals surface area contributed by atoms with Crippen molar-refractivity contribution in [1.82, 2.24) is 4.98 Å². The molecule has 5 N–H and O–H groups in total. The monoisotopic (exact) mass is 556 g/mol. The number of esters is 1. The van der Waals surface area contributed by atoms with Gasteiger partial charge in [0.15, 0.2) is 0 Å². The smallest absolute Gasteiger partial charge is 0.345 e. The first kappa shape index (κ1) is 28.7. The molecule has 2 fully saturated rings. The van der Waals surface area contributed by atoms with Crippen LogP contribution in [0.4, 0.5) is 0 Å². The summed E-state index contributed by atoms with van der Waals surface area (Å²) in [5, 5.41) is 33.5. The molecule has 2 saturated carbocycles. The molecule has 3 unspecified atom stereocenters. The van der Waals surface area contributed by atoms with Crippen LogP contribution in [-0.2, 0) is 9.53 Å². The van der Waals surface area contributed by atoms with Gasteiger partial charge in [-0.15, -0.1) is 0 Å². The first-order chi connectivity index (χ1) is 18.9. The molecule has 0 aromatic carbocycles. The molecule has 1 aliphatic heterocycles. The molecule has 0 radical (unpaired) electrons. The van der Waals surface area contributed by atoms with Crippen LogP contribution in [0, 0.1) is 22.7 Å². The van der Waals surface area contributed by atoms with Gasteiger partial charge in [-0.25, -0.2) is 4.79 Å². The summed E-state index contributed by atoms with van der Waals surface area (Å²) < 4.78 is 18.4. The van der Waals surface area contributed by atoms with Crippen LogP contribution in [0.1, 0.15) is 71.5 Å². The fourth-order valence-corrected chi connectivity index (χ4v) is 7.88. The number of rotatable bonds is 6. The first-order valence-corrected chi connectivity index (χ1v) is 14.1. The van der Waals surface area contributed by atoms with E-state index in [9.17, 15) is 24.9 Å². The van der Waals surface area contributed by atoms with Gasteiger partial charge in [-0.1, -0.05) is 27.2 Å². The van der Waals surface area contributed by atoms with Gasteiger partial charge >= 0.3 is 11.6 Å². The molecule has 40 heavy (non-hydrogen) atoms. The molecule has 0 spiro atoms. The lowest BCUT2D eigenvalue weighted by atomic mass is 9.42. The number of carbonyl (C=O) groups excluding carboxylic acids is 1. The zero-order valence-electron chi connectivity index (χ0n) is 23.5. The Labute approximate surface area is 233 Å². The molecule has 2 aliphatic carbocycles. The quantitative estimate of drug-likeness (QED) is 0.389. The maximum absolute atomic E-state index is 13.4. The molecule has 0 amide bonds. The number of hydrogen-bond donors (Lipinski definition) is 4. The predicted octanol–water partition coefficient (Wildman–Crippen LogP) is 2.72. The van der Waals surface area contributed by atoms with E-state index >= 15 is 0 Å². The number of carbonyl (C=O) groups is 1. The molecule has 9 atom stereocenters. The van der Waals surface area contributed by atoms with Gasteiger partial charge in [0.25, 0.3) is 0 Å². The average molecular weight is 557 g/mol. The fraction of sp³-hybridized carbons (Fsp3) is 0.633. The summed E-state index contributed by atoms with van der Waals surface area (Å²) in [6, 6.07) is 4.20. The third-order valence-electron chi connectivity index (χ3n) is 10.1. The molecular formula is C30H40N2O8. The van der Waals surface area contributed by atoms with Crippen molar-refractivity contribution < 1.29 is 34.0 Å². The second kappa shape index (κ2) is 10.2. The van der Waals surface area contributed by atoms with Crippen molar-refractivity contribution in [1.29, 1.82) is 0 Å². The van der Waals surface area contributed by atoms with Crippen molar-refractivity contribution >= 4 is 5.97 Å². The van der Waals surface area contributed by atoms with Crippen molar-refractivity contribution in [2.75, 3.05) is 6.61 Å². The molecule has 10 heteroatoms. The average Bonchev–Trinajstić information content (AvgIpc) is 2.92. The number of nitrogens with zero attached hydrogens (tertiary/aromatic N) is 1. The Morgan fingerprint density at radius 3 is 2.70 bits per heavy atom. The van der Waals surface area contributed by atoms with Gasteiger partial charge in [-0.2, -0.15) is 0 Å². The van der Waals surface area contributed by atoms with E-state index in [2.05, 4.69) is 4.98 Å². The Morgan fingerprint density at radius 1 is 1.30 bits per heavy atom. The number of aromatic nitrogens is 1. The lowest BCUT2D eigenvalue weighted by Gasteiger charge is -2.66. The van der Waals surface area contributed by atoms with Crippen LogP contribution in [0.3, 0.4) is 0 Å². The zero-order chi connectivity index (χ0) is 29.0. The summed E-state index contributed by atoms with van der Waals surface area (Å²) in [7, 11) is 0. The first-order valence-electron chi connectivity index (χ1n) is 14.1. The number of nitrogens with two attached hydrogens (primary N) is 1. The maximum Gasteiger partial charge on any atom is 0.345 e. The standard InChI is InChI=1S/C30H40N2O8/c1-5-7-17(31)26(36)39-22-13-20-28(2,10-9-21(34)29(20,3)15-33)25-24(35)23-19(40-30(22,25)4)12-18(38-27(23)37)16-8-6-11-32-14-16/h6,8,11-12,14,17,20-22,24-25,33-35H,5,7,9-10,13,15,31H2,1-4H3/t17?,20?,21-,22-,24-,25?,28-,29-,30+/m0/s1. The molecule has 218 valence electrons. The molecule has 0 bridgehead atoms. The highest BCUT2D eigenvalue weighted by atomic mass is 16.6. The van der Waals surface area contributed by atoms with Crippen LogP contribution in [0.2, 0.25) is 0 Å². The summed E-state index contributed by atoms with van der Waals surface area (Å²) >= 11 is 0. The van der Waals surface area contributed by atoms with Gasteiger partial charge in [-0.05, 0) is 56.1 Å². The minimum atomic E-state index is -1.32. The summed E-state index contributed by atoms with van der Waals surface area (Å²) in [5.41, 5.74) is 3.09. The number of fused-ring (bicyclic) bond motifs is 4. The van der Waals surface area contributed by atoms with Crippen LogP contribution >= 0.6 is 0 Å². The minimum absolute atomic E-state index is 0.00146. The summed E-state index contributed by atoms with van der Waals surface area (Å²) in [6.07, 6.45) is 2.52. The molecule has 0 saturated heterocycles. The van der Waals surface area contributed by atoms with Crippen molar-refractivity contribution in [3.8, 4) is 17.1 Å². The Balaban J connectivity index is 1.66. The van der Waals surface area contributed by atoms with Crippen molar-refractivity contribution in [3.63, 3.8) is 0 Å². The highest BCUT2D eigenvalue weighted by Gasteiger charge is 2.70. The van der Waals surface area contributed by atoms with Gasteiger partial charge < -0.3 is 34.9 Å². The summed E-state index contributed by atoms with van der Waals surface area (Å²) in [4.78, 5) is 30.6. The highest BCUT2D eigenvalue weighted by Crippen LogP contribution is 2.67. The van der Waals surface area contributed by atoms with Crippen molar-refractivity contribution in [2.45, 2.75) is 89.8 Å². The van der Waals surface area contributed by atoms with E-state index in [4.69, 9.17) is 19.6 Å². The predicted molar refractivity (Wildman–Crippen MR) is 145 cm³/mol. The lowest BCUT2D eigenvalue weighted by molar-refractivity contribution is -0.268. The third-order valence-corrected chi connectivity index (χ3v) is 10.1. The van der Waals surface area contributed by atoms with E-state index in [0.29, 0.717) is 31.2 Å². The molecule has 3 heterocycles. The number of aliphatic hydroxyl groups is 3. The van der Waals surface area contributed by atoms with Gasteiger partial charge in [0.1, 0.15) is 34.8 Å². The minimum Gasteiger partial charge on any atom is -0.482 e. The molecule has 2 aromatic rings. The van der Waals surface area contributed by atoms with Crippen molar-refractivity contribution in [2.24, 2.45) is 28.4 Å². The zero-order valence-corrected chi connectivity index (χ0v) is 23.5. The normalized spacial score (nSPS) is 37.4. The number of hydrogen-bond acceptors (Lipinski definition) is 10. The van der Waals surface area contributed by atoms with E-state index in [1.165, 1.54) is 0 Å². The van der Waals surface area contributed by atoms with E-state index in [-0.39, 0.29) is 36.0 Å². The number of ether oxygens (including phenoxy) is 2. The van der Waals surface area contributed by atoms with Gasteiger partial charge in [-0.3, -0.25) is 9.78 Å². The van der Waals surface area contributed by atoms with Crippen LogP contribution in [-0.4, -0.2) is 56.7 Å². The second-order valence-electron chi connectivity index (χ2n) is 12.5. The van der Waals surface area contributed by atoms with Gasteiger partial charge in [0.05, 0.1) is 18.8 Å². The van der Waals surface area contributed by atoms with Gasteiger partial charge in [0.2, 0.25) is 0 Å². The molecule has 5 rings (SSSR count). The third kappa shape index (κ3) is 4.27. The fourth-order valence-electron chi connectivity index (χ4n) is 7.88. The SMILES string of the molecule is CCCC(N)C(=O)O[C@H]1CC2[C@](C)(CC[C@H](O)[C@@]2(C)CO)C2[C@@H](O)c3c(cc(-c4cccnc4)oc3=O)O[C@@]21C. The van der Waals surface area contributed by atoms with E-state index in [1.807, 2.05) is 20.8 Å². The topological polar surface area (TPSA) is 165 Å².